The van der Waals surface area contributed by atoms with Crippen LogP contribution in [0.2, 0.25) is 0 Å². The van der Waals surface area contributed by atoms with Crippen LogP contribution in [0.4, 0.5) is 28.4 Å². The molecular formula is C51H40N2. The maximum atomic E-state index is 2.57. The third kappa shape index (κ3) is 5.17. The zero-order valence-electron chi connectivity index (χ0n) is 30.0. The van der Waals surface area contributed by atoms with E-state index in [0.717, 1.165) is 5.69 Å². The summed E-state index contributed by atoms with van der Waals surface area (Å²) in [6.45, 7) is 4.71. The van der Waals surface area contributed by atoms with Gasteiger partial charge >= 0.3 is 0 Å². The van der Waals surface area contributed by atoms with Crippen molar-refractivity contribution >= 4 is 28.4 Å². The summed E-state index contributed by atoms with van der Waals surface area (Å²) in [5, 5.41) is 0. The molecule has 3 aliphatic rings. The number of allylic oxidation sites excluding steroid dienone is 2. The average Bonchev–Trinajstić information content (AvgIpc) is 3.56. The Morgan fingerprint density at radius 1 is 0.415 bits per heavy atom. The molecule has 2 aliphatic heterocycles. The first-order valence-corrected chi connectivity index (χ1v) is 18.7. The predicted molar refractivity (Wildman–Crippen MR) is 223 cm³/mol. The van der Waals surface area contributed by atoms with E-state index in [1.807, 2.05) is 0 Å². The number of benzene rings is 7. The fourth-order valence-corrected chi connectivity index (χ4v) is 8.96. The number of rotatable bonds is 5. The number of fused-ring (bicyclic) bond motifs is 5. The number of hydrogen-bond acceptors (Lipinski definition) is 2. The highest BCUT2D eigenvalue weighted by Crippen LogP contribution is 2.54. The van der Waals surface area contributed by atoms with Crippen molar-refractivity contribution in [1.82, 2.24) is 0 Å². The van der Waals surface area contributed by atoms with Gasteiger partial charge in [-0.3, -0.25) is 0 Å². The number of para-hydroxylation sites is 3. The first-order chi connectivity index (χ1) is 26.0. The summed E-state index contributed by atoms with van der Waals surface area (Å²) >= 11 is 0. The Morgan fingerprint density at radius 3 is 1.51 bits per heavy atom. The van der Waals surface area contributed by atoms with E-state index in [1.54, 1.807) is 0 Å². The van der Waals surface area contributed by atoms with Gasteiger partial charge in [0, 0.05) is 28.4 Å². The summed E-state index contributed by atoms with van der Waals surface area (Å²) in [4.78, 5) is 5.07. The minimum absolute atomic E-state index is 0.140. The molecule has 0 radical (unpaired) electrons. The summed E-state index contributed by atoms with van der Waals surface area (Å²) in [5.74, 6) is 0.298. The SMILES string of the molecule is CC1(C)c2ccccc2N(c2cc(-c3cc(-c4ccccc4)cc(-c4ccccc4)c3)cc(N3c4ccccc4C4C=CC=CC43)c2)c2ccccc21. The summed E-state index contributed by atoms with van der Waals surface area (Å²) in [6, 6.07) is 62.9. The van der Waals surface area contributed by atoms with Gasteiger partial charge in [0.05, 0.1) is 17.4 Å². The number of anilines is 5. The molecule has 0 fully saturated rings. The molecule has 0 N–H and O–H groups in total. The largest absolute Gasteiger partial charge is 0.333 e. The summed E-state index contributed by atoms with van der Waals surface area (Å²) < 4.78 is 0. The highest BCUT2D eigenvalue weighted by Gasteiger charge is 2.39. The van der Waals surface area contributed by atoms with Crippen LogP contribution in [0.1, 0.15) is 36.5 Å². The smallest absolute Gasteiger partial charge is 0.0629 e. The molecule has 10 rings (SSSR count). The topological polar surface area (TPSA) is 6.48 Å². The van der Waals surface area contributed by atoms with E-state index in [1.165, 1.54) is 72.8 Å². The summed E-state index contributed by atoms with van der Waals surface area (Å²) in [7, 11) is 0. The fraction of sp³-hybridized carbons (Fsp3) is 0.0980. The summed E-state index contributed by atoms with van der Waals surface area (Å²) in [5.41, 5.74) is 17.1. The van der Waals surface area contributed by atoms with Gasteiger partial charge in [0.2, 0.25) is 0 Å². The Kier molecular flexibility index (Phi) is 7.33. The Hall–Kier alpha value is -6.38. The lowest BCUT2D eigenvalue weighted by atomic mass is 9.73. The standard InChI is InChI=1S/C51H40N2/c1-51(2)45-23-11-15-27-49(45)53(50-28-16-12-24-46(50)51)42-33-40(32-41(34-42)52-47-25-13-9-21-43(47)44-22-10-14-26-48(44)52)39-30-37(35-17-5-3-6-18-35)29-38(31-39)36-19-7-4-8-20-36/h3-34,43,47H,1-2H3. The van der Waals surface area contributed by atoms with Crippen molar-refractivity contribution < 1.29 is 0 Å². The van der Waals surface area contributed by atoms with Crippen LogP contribution >= 0.6 is 0 Å². The van der Waals surface area contributed by atoms with Crippen molar-refractivity contribution in [3.05, 3.63) is 211 Å². The van der Waals surface area contributed by atoms with Gasteiger partial charge in [-0.2, -0.15) is 0 Å². The molecule has 0 saturated carbocycles. The molecule has 2 nitrogen and oxygen atoms in total. The number of hydrogen-bond donors (Lipinski definition) is 0. The Labute approximate surface area is 312 Å². The molecule has 0 saturated heterocycles. The van der Waals surface area contributed by atoms with E-state index in [9.17, 15) is 0 Å². The average molecular weight is 681 g/mol. The maximum Gasteiger partial charge on any atom is 0.0629 e. The van der Waals surface area contributed by atoms with Crippen LogP contribution in [0, 0.1) is 0 Å². The Bertz CT molecular complexity index is 2450. The van der Waals surface area contributed by atoms with Crippen molar-refractivity contribution in [2.45, 2.75) is 31.2 Å². The molecule has 0 aromatic heterocycles. The minimum atomic E-state index is -0.140. The van der Waals surface area contributed by atoms with Crippen molar-refractivity contribution in [3.8, 4) is 33.4 Å². The Balaban J connectivity index is 1.25. The van der Waals surface area contributed by atoms with Gasteiger partial charge in [-0.1, -0.05) is 153 Å². The van der Waals surface area contributed by atoms with Crippen LogP contribution in [0.3, 0.4) is 0 Å². The lowest BCUT2D eigenvalue weighted by molar-refractivity contribution is 0.632. The maximum absolute atomic E-state index is 2.57. The lowest BCUT2D eigenvalue weighted by Crippen LogP contribution is -2.31. The van der Waals surface area contributed by atoms with Crippen molar-refractivity contribution in [2.75, 3.05) is 9.80 Å². The molecule has 254 valence electrons. The monoisotopic (exact) mass is 680 g/mol. The van der Waals surface area contributed by atoms with Gasteiger partial charge in [-0.25, -0.2) is 0 Å². The molecule has 2 heterocycles. The van der Waals surface area contributed by atoms with Gasteiger partial charge in [-0.05, 0) is 105 Å². The zero-order chi connectivity index (χ0) is 35.5. The molecule has 0 spiro atoms. The Morgan fingerprint density at radius 2 is 0.887 bits per heavy atom. The molecule has 2 atom stereocenters. The molecular weight excluding hydrogens is 641 g/mol. The molecule has 53 heavy (non-hydrogen) atoms. The van der Waals surface area contributed by atoms with Crippen molar-refractivity contribution in [2.24, 2.45) is 0 Å². The second-order valence-electron chi connectivity index (χ2n) is 15.0. The minimum Gasteiger partial charge on any atom is -0.333 e. The summed E-state index contributed by atoms with van der Waals surface area (Å²) in [6.07, 6.45) is 9.14. The molecule has 2 unspecified atom stereocenters. The van der Waals surface area contributed by atoms with Gasteiger partial charge in [0.15, 0.2) is 0 Å². The van der Waals surface area contributed by atoms with Gasteiger partial charge < -0.3 is 9.80 Å². The van der Waals surface area contributed by atoms with Crippen molar-refractivity contribution in [1.29, 1.82) is 0 Å². The van der Waals surface area contributed by atoms with Crippen molar-refractivity contribution in [3.63, 3.8) is 0 Å². The van der Waals surface area contributed by atoms with E-state index in [-0.39, 0.29) is 11.5 Å². The molecule has 2 heteroatoms. The van der Waals surface area contributed by atoms with Gasteiger partial charge in [0.25, 0.3) is 0 Å². The second-order valence-corrected chi connectivity index (χ2v) is 15.0. The molecule has 0 amide bonds. The lowest BCUT2D eigenvalue weighted by Gasteiger charge is -2.42. The zero-order valence-corrected chi connectivity index (χ0v) is 30.0. The third-order valence-electron chi connectivity index (χ3n) is 11.5. The van der Waals surface area contributed by atoms with Crippen LogP contribution in [0.15, 0.2) is 194 Å². The van der Waals surface area contributed by atoms with E-state index < -0.39 is 0 Å². The highest BCUT2D eigenvalue weighted by molar-refractivity contribution is 5.91. The van der Waals surface area contributed by atoms with Crippen LogP contribution in [-0.2, 0) is 5.41 Å². The predicted octanol–water partition coefficient (Wildman–Crippen LogP) is 13.5. The van der Waals surface area contributed by atoms with Crippen LogP contribution < -0.4 is 9.80 Å². The molecule has 7 aromatic carbocycles. The second kappa shape index (κ2) is 12.4. The van der Waals surface area contributed by atoms with E-state index in [0.29, 0.717) is 5.92 Å². The quantitative estimate of drug-likeness (QED) is 0.179. The van der Waals surface area contributed by atoms with Gasteiger partial charge in [-0.15, -0.1) is 0 Å². The first kappa shape index (κ1) is 31.4. The number of nitrogens with zero attached hydrogens (tertiary/aromatic N) is 2. The van der Waals surface area contributed by atoms with Crippen LogP contribution in [0.25, 0.3) is 33.4 Å². The van der Waals surface area contributed by atoms with E-state index in [4.69, 9.17) is 0 Å². The molecule has 0 bridgehead atoms. The molecule has 1 aliphatic carbocycles. The van der Waals surface area contributed by atoms with Crippen LogP contribution in [0.5, 0.6) is 0 Å². The molecule has 7 aromatic rings. The van der Waals surface area contributed by atoms with E-state index >= 15 is 0 Å². The van der Waals surface area contributed by atoms with Crippen LogP contribution in [-0.4, -0.2) is 6.04 Å². The normalized spacial score (nSPS) is 17.5. The fourth-order valence-electron chi connectivity index (χ4n) is 8.96. The third-order valence-corrected chi connectivity index (χ3v) is 11.5. The highest BCUT2D eigenvalue weighted by atomic mass is 15.2. The van der Waals surface area contributed by atoms with E-state index in [2.05, 4.69) is 218 Å². The van der Waals surface area contributed by atoms with Gasteiger partial charge in [0.1, 0.15) is 0 Å². The first-order valence-electron chi connectivity index (χ1n) is 18.7.